The van der Waals surface area contributed by atoms with Gasteiger partial charge in [-0.2, -0.15) is 0 Å². The van der Waals surface area contributed by atoms with Gasteiger partial charge in [0.05, 0.1) is 23.1 Å². The molecule has 4 aromatic rings. The Labute approximate surface area is 140 Å². The van der Waals surface area contributed by atoms with Gasteiger partial charge in [0.15, 0.2) is 5.82 Å². The molecular weight excluding hydrogens is 333 g/mol. The van der Waals surface area contributed by atoms with Crippen LogP contribution in [0.2, 0.25) is 5.02 Å². The van der Waals surface area contributed by atoms with E-state index in [4.69, 9.17) is 16.0 Å². The van der Waals surface area contributed by atoms with Crippen molar-refractivity contribution in [2.45, 2.75) is 6.92 Å². The van der Waals surface area contributed by atoms with Crippen molar-refractivity contribution in [3.8, 4) is 11.5 Å². The minimum atomic E-state index is -0.503. The van der Waals surface area contributed by atoms with Gasteiger partial charge in [0.25, 0.3) is 0 Å². The summed E-state index contributed by atoms with van der Waals surface area (Å²) in [7, 11) is 0. The van der Waals surface area contributed by atoms with Crippen molar-refractivity contribution in [3.05, 3.63) is 53.4 Å². The van der Waals surface area contributed by atoms with Crippen LogP contribution >= 0.6 is 11.6 Å². The fraction of sp³-hybridized carbons (Fsp3) is 0.0625. The maximum atomic E-state index is 15.0. The molecule has 2 aromatic carbocycles. The third-order valence-electron chi connectivity index (χ3n) is 3.69. The lowest BCUT2D eigenvalue weighted by Crippen LogP contribution is -2.00. The van der Waals surface area contributed by atoms with E-state index in [9.17, 15) is 4.39 Å². The summed E-state index contributed by atoms with van der Waals surface area (Å²) < 4.78 is 20.2. The molecule has 0 aliphatic rings. The number of hydrogen-bond donors (Lipinski definition) is 2. The quantitative estimate of drug-likeness (QED) is 0.574. The molecule has 0 amide bonds. The lowest BCUT2D eigenvalue weighted by molar-refractivity contribution is 0.568. The van der Waals surface area contributed by atoms with E-state index < -0.39 is 5.82 Å². The molecule has 0 bridgehead atoms. The summed E-state index contributed by atoms with van der Waals surface area (Å²) in [6.45, 7) is 1.88. The van der Waals surface area contributed by atoms with Crippen molar-refractivity contribution < 1.29 is 8.81 Å². The topological polar surface area (TPSA) is 79.6 Å². The van der Waals surface area contributed by atoms with Crippen molar-refractivity contribution >= 4 is 34.0 Å². The predicted molar refractivity (Wildman–Crippen MR) is 88.8 cm³/mol. The third-order valence-corrected chi connectivity index (χ3v) is 3.93. The highest BCUT2D eigenvalue weighted by Gasteiger charge is 2.20. The molecule has 0 spiro atoms. The summed E-state index contributed by atoms with van der Waals surface area (Å²) in [5, 5.41) is 11.2. The maximum Gasteiger partial charge on any atom is 0.249 e. The average molecular weight is 344 g/mol. The summed E-state index contributed by atoms with van der Waals surface area (Å²) in [6.07, 6.45) is 2.63. The molecule has 24 heavy (non-hydrogen) atoms. The Morgan fingerprint density at radius 2 is 2.17 bits per heavy atom. The van der Waals surface area contributed by atoms with Crippen LogP contribution in [0, 0.1) is 12.7 Å². The van der Waals surface area contributed by atoms with Crippen molar-refractivity contribution in [1.82, 2.24) is 20.2 Å². The molecule has 0 aliphatic carbocycles. The number of aryl methyl sites for hydroxylation is 1. The molecule has 0 unspecified atom stereocenters. The number of anilines is 2. The lowest BCUT2D eigenvalue weighted by atomic mass is 10.1. The van der Waals surface area contributed by atoms with Crippen LogP contribution in [0.3, 0.4) is 0 Å². The van der Waals surface area contributed by atoms with E-state index in [1.165, 1.54) is 12.7 Å². The summed E-state index contributed by atoms with van der Waals surface area (Å²) >= 11 is 5.98. The van der Waals surface area contributed by atoms with Crippen molar-refractivity contribution in [1.29, 1.82) is 0 Å². The monoisotopic (exact) mass is 343 g/mol. The second-order valence-corrected chi connectivity index (χ2v) is 5.68. The Bertz CT molecular complexity index is 1030. The minimum absolute atomic E-state index is 0.208. The molecule has 4 rings (SSSR count). The third kappa shape index (κ3) is 2.39. The molecule has 2 heterocycles. The van der Waals surface area contributed by atoms with E-state index >= 15 is 0 Å². The van der Waals surface area contributed by atoms with Crippen LogP contribution < -0.4 is 5.32 Å². The van der Waals surface area contributed by atoms with Crippen molar-refractivity contribution in [3.63, 3.8) is 0 Å². The molecule has 2 N–H and O–H groups in total. The van der Waals surface area contributed by atoms with Crippen molar-refractivity contribution in [2.75, 3.05) is 5.32 Å². The van der Waals surface area contributed by atoms with E-state index in [1.807, 2.05) is 6.92 Å². The number of rotatable bonds is 3. The van der Waals surface area contributed by atoms with Crippen LogP contribution in [0.15, 0.2) is 41.4 Å². The second-order valence-electron chi connectivity index (χ2n) is 5.24. The van der Waals surface area contributed by atoms with Gasteiger partial charge in [-0.1, -0.05) is 11.6 Å². The number of benzene rings is 2. The maximum absolute atomic E-state index is 15.0. The normalized spacial score (nSPS) is 11.1. The Balaban J connectivity index is 1.92. The first-order valence-electron chi connectivity index (χ1n) is 7.09. The first-order valence-corrected chi connectivity index (χ1v) is 7.46. The van der Waals surface area contributed by atoms with Gasteiger partial charge in [-0.3, -0.25) is 0 Å². The molecule has 2 aromatic heterocycles. The Morgan fingerprint density at radius 1 is 1.29 bits per heavy atom. The van der Waals surface area contributed by atoms with E-state index in [1.54, 1.807) is 24.3 Å². The number of aromatic nitrogens is 4. The van der Waals surface area contributed by atoms with Gasteiger partial charge in [0.1, 0.15) is 5.52 Å². The largest absolute Gasteiger partial charge is 0.423 e. The number of halogens is 2. The van der Waals surface area contributed by atoms with Crippen LogP contribution in [0.1, 0.15) is 5.56 Å². The van der Waals surface area contributed by atoms with E-state index in [0.29, 0.717) is 21.8 Å². The van der Waals surface area contributed by atoms with Gasteiger partial charge >= 0.3 is 0 Å². The molecule has 0 aliphatic heterocycles. The van der Waals surface area contributed by atoms with Gasteiger partial charge in [0, 0.05) is 10.7 Å². The van der Waals surface area contributed by atoms with Gasteiger partial charge in [0.2, 0.25) is 12.3 Å². The number of nitrogens with one attached hydrogen (secondary N) is 2. The number of aromatic amines is 1. The smallest absolute Gasteiger partial charge is 0.249 e. The molecule has 0 fully saturated rings. The van der Waals surface area contributed by atoms with Crippen LogP contribution in [0.4, 0.5) is 15.8 Å². The predicted octanol–water partition coefficient (Wildman–Crippen LogP) is 4.46. The van der Waals surface area contributed by atoms with Gasteiger partial charge < -0.3 is 14.7 Å². The fourth-order valence-corrected chi connectivity index (χ4v) is 2.75. The molecule has 0 atom stereocenters. The zero-order valence-electron chi connectivity index (χ0n) is 12.5. The first-order chi connectivity index (χ1) is 11.6. The SMILES string of the molecule is Cc1cc(Cl)ccc1Nc1c(-c2nnco2)cc2[nH]cnc2c1F. The first kappa shape index (κ1) is 14.6. The number of H-pyrrole nitrogens is 1. The second kappa shape index (κ2) is 5.61. The molecule has 6 nitrogen and oxygen atoms in total. The molecule has 0 saturated heterocycles. The zero-order chi connectivity index (χ0) is 16.7. The average Bonchev–Trinajstić information content (AvgIpc) is 3.23. The summed E-state index contributed by atoms with van der Waals surface area (Å²) in [5.74, 6) is -0.296. The fourth-order valence-electron chi connectivity index (χ4n) is 2.53. The Morgan fingerprint density at radius 3 is 2.92 bits per heavy atom. The summed E-state index contributed by atoms with van der Waals surface area (Å²) in [4.78, 5) is 6.91. The van der Waals surface area contributed by atoms with Crippen LogP contribution in [0.5, 0.6) is 0 Å². The van der Waals surface area contributed by atoms with E-state index in [2.05, 4.69) is 25.5 Å². The highest BCUT2D eigenvalue weighted by molar-refractivity contribution is 6.30. The van der Waals surface area contributed by atoms with Crippen LogP contribution in [0.25, 0.3) is 22.5 Å². The molecule has 0 radical (unpaired) electrons. The molecule has 0 saturated carbocycles. The van der Waals surface area contributed by atoms with Crippen LogP contribution in [-0.4, -0.2) is 20.2 Å². The molecule has 8 heteroatoms. The number of imidazole rings is 1. The van der Waals surface area contributed by atoms with Gasteiger partial charge in [-0.05, 0) is 36.8 Å². The number of fused-ring (bicyclic) bond motifs is 1. The zero-order valence-corrected chi connectivity index (χ0v) is 13.2. The van der Waals surface area contributed by atoms with Gasteiger partial charge in [-0.15, -0.1) is 10.2 Å². The van der Waals surface area contributed by atoms with E-state index in [-0.39, 0.29) is 17.1 Å². The van der Waals surface area contributed by atoms with Crippen molar-refractivity contribution in [2.24, 2.45) is 0 Å². The minimum Gasteiger partial charge on any atom is -0.423 e. The summed E-state index contributed by atoms with van der Waals surface area (Å²) in [6, 6.07) is 7.02. The van der Waals surface area contributed by atoms with E-state index in [0.717, 1.165) is 5.56 Å². The Kier molecular flexibility index (Phi) is 3.42. The highest BCUT2D eigenvalue weighted by Crippen LogP contribution is 2.36. The Hall–Kier alpha value is -2.93. The number of nitrogens with zero attached hydrogens (tertiary/aromatic N) is 3. The summed E-state index contributed by atoms with van der Waals surface area (Å²) in [5.41, 5.74) is 3.02. The standard InChI is InChI=1S/C16H11ClFN5O/c1-8-4-9(17)2-3-11(8)22-14-10(16-23-21-7-24-16)5-12-15(13(14)18)20-6-19-12/h2-7,22H,1H3,(H,19,20). The van der Waals surface area contributed by atoms with Gasteiger partial charge in [-0.25, -0.2) is 9.37 Å². The molecular formula is C16H11ClFN5O. The molecule has 120 valence electrons. The van der Waals surface area contributed by atoms with Crippen LogP contribution in [-0.2, 0) is 0 Å². The highest BCUT2D eigenvalue weighted by atomic mass is 35.5. The lowest BCUT2D eigenvalue weighted by Gasteiger charge is -2.14. The number of hydrogen-bond acceptors (Lipinski definition) is 5.